The van der Waals surface area contributed by atoms with Gasteiger partial charge in [0, 0.05) is 17.6 Å². The number of nitrogens with zero attached hydrogens (tertiary/aromatic N) is 2. The molecule has 4 rings (SSSR count). The number of sulfonamides is 1. The van der Waals surface area contributed by atoms with Gasteiger partial charge in [-0.1, -0.05) is 41.9 Å². The zero-order valence-electron chi connectivity index (χ0n) is 26.5. The van der Waals surface area contributed by atoms with Crippen molar-refractivity contribution in [2.24, 2.45) is 5.10 Å². The Morgan fingerprint density at radius 2 is 1.52 bits per heavy atom. The van der Waals surface area contributed by atoms with Crippen LogP contribution in [0.5, 0.6) is 23.0 Å². The molecule has 0 bridgehead atoms. The molecule has 0 aliphatic rings. The summed E-state index contributed by atoms with van der Waals surface area (Å²) in [6.07, 6.45) is 2.10. The minimum Gasteiger partial charge on any atom is -0.495 e. The van der Waals surface area contributed by atoms with Crippen LogP contribution in [0.1, 0.15) is 11.1 Å². The molecule has 0 saturated carbocycles. The van der Waals surface area contributed by atoms with Gasteiger partial charge in [0.15, 0.2) is 18.1 Å². The lowest BCUT2D eigenvalue weighted by Gasteiger charge is -2.25. The van der Waals surface area contributed by atoms with Crippen LogP contribution in [-0.2, 0) is 26.0 Å². The molecule has 12 nitrogen and oxygen atoms in total. The van der Waals surface area contributed by atoms with Crippen LogP contribution >= 0.6 is 11.6 Å². The Morgan fingerprint density at radius 1 is 0.833 bits per heavy atom. The zero-order valence-corrected chi connectivity index (χ0v) is 28.1. The standard InChI is InChI=1S/C34H35ClN4O8S/c1-44-30-15-11-26(35)19-29(30)39(48(42,43)28-14-16-31(45-2)32(20-28)46-3)22-33(40)38-37-21-25-9-12-27(13-10-25)47-23-34(41)36-18-17-24-7-5-4-6-8-24/h4-16,19-21H,17-18,22-23H2,1-3H3,(H,36,41)(H,38,40)/b37-21-. The predicted octanol–water partition coefficient (Wildman–Crippen LogP) is 4.45. The van der Waals surface area contributed by atoms with Gasteiger partial charge < -0.3 is 24.3 Å². The molecule has 0 unspecified atom stereocenters. The van der Waals surface area contributed by atoms with Crippen molar-refractivity contribution in [3.63, 3.8) is 0 Å². The number of nitrogens with one attached hydrogen (secondary N) is 2. The van der Waals surface area contributed by atoms with Gasteiger partial charge in [-0.3, -0.25) is 13.9 Å². The van der Waals surface area contributed by atoms with E-state index in [2.05, 4.69) is 15.8 Å². The summed E-state index contributed by atoms with van der Waals surface area (Å²) in [5, 5.41) is 7.02. The average Bonchev–Trinajstić information content (AvgIpc) is 3.10. The van der Waals surface area contributed by atoms with Gasteiger partial charge in [0.25, 0.3) is 21.8 Å². The van der Waals surface area contributed by atoms with Gasteiger partial charge in [-0.2, -0.15) is 5.10 Å². The van der Waals surface area contributed by atoms with Gasteiger partial charge >= 0.3 is 0 Å². The lowest BCUT2D eigenvalue weighted by atomic mass is 10.1. The third kappa shape index (κ3) is 9.62. The maximum absolute atomic E-state index is 13.9. The van der Waals surface area contributed by atoms with E-state index in [1.54, 1.807) is 24.3 Å². The third-order valence-corrected chi connectivity index (χ3v) is 8.86. The molecule has 0 aliphatic heterocycles. The van der Waals surface area contributed by atoms with E-state index < -0.39 is 22.5 Å². The van der Waals surface area contributed by atoms with Gasteiger partial charge in [0.2, 0.25) is 0 Å². The van der Waals surface area contributed by atoms with E-state index in [1.807, 2.05) is 30.3 Å². The lowest BCUT2D eigenvalue weighted by Crippen LogP contribution is -2.39. The average molecular weight is 695 g/mol. The van der Waals surface area contributed by atoms with Crippen LogP contribution in [-0.4, -0.2) is 67.5 Å². The van der Waals surface area contributed by atoms with E-state index in [0.29, 0.717) is 23.6 Å². The second-order valence-electron chi connectivity index (χ2n) is 10.1. The van der Waals surface area contributed by atoms with Crippen molar-refractivity contribution in [2.75, 3.05) is 45.3 Å². The van der Waals surface area contributed by atoms with Crippen molar-refractivity contribution in [2.45, 2.75) is 11.3 Å². The Bertz CT molecular complexity index is 1840. The zero-order chi connectivity index (χ0) is 34.5. The maximum atomic E-state index is 13.9. The lowest BCUT2D eigenvalue weighted by molar-refractivity contribution is -0.123. The first-order valence-corrected chi connectivity index (χ1v) is 16.4. The number of benzene rings is 4. The second-order valence-corrected chi connectivity index (χ2v) is 12.4. The molecule has 252 valence electrons. The van der Waals surface area contributed by atoms with Crippen LogP contribution in [0, 0.1) is 0 Å². The number of amides is 2. The van der Waals surface area contributed by atoms with Gasteiger partial charge in [0.1, 0.15) is 18.0 Å². The van der Waals surface area contributed by atoms with Crippen LogP contribution in [0.3, 0.4) is 0 Å². The van der Waals surface area contributed by atoms with Crippen molar-refractivity contribution < 1.29 is 37.0 Å². The number of carbonyl (C=O) groups excluding carboxylic acids is 2. The molecular weight excluding hydrogens is 660 g/mol. The van der Waals surface area contributed by atoms with Gasteiger partial charge in [-0.25, -0.2) is 13.8 Å². The summed E-state index contributed by atoms with van der Waals surface area (Å²) in [6.45, 7) is -0.302. The van der Waals surface area contributed by atoms with Crippen LogP contribution in [0.15, 0.2) is 101 Å². The smallest absolute Gasteiger partial charge is 0.265 e. The van der Waals surface area contributed by atoms with Gasteiger partial charge in [-0.15, -0.1) is 0 Å². The maximum Gasteiger partial charge on any atom is 0.265 e. The van der Waals surface area contributed by atoms with Crippen LogP contribution in [0.25, 0.3) is 0 Å². The predicted molar refractivity (Wildman–Crippen MR) is 183 cm³/mol. The van der Waals surface area contributed by atoms with E-state index in [1.165, 1.54) is 63.9 Å². The molecule has 0 spiro atoms. The molecule has 0 radical (unpaired) electrons. The van der Waals surface area contributed by atoms with Crippen molar-refractivity contribution in [3.05, 3.63) is 107 Å². The van der Waals surface area contributed by atoms with Crippen LogP contribution in [0.2, 0.25) is 5.02 Å². The molecule has 0 aromatic heterocycles. The van der Waals surface area contributed by atoms with Crippen molar-refractivity contribution in [3.8, 4) is 23.0 Å². The summed E-state index contributed by atoms with van der Waals surface area (Å²) >= 11 is 6.21. The summed E-state index contributed by atoms with van der Waals surface area (Å²) in [7, 11) is -0.183. The number of methoxy groups -OCH3 is 3. The molecule has 0 aliphatic carbocycles. The quantitative estimate of drug-likeness (QED) is 0.129. The molecular formula is C34H35ClN4O8S. The first-order chi connectivity index (χ1) is 23.1. The Labute approximate surface area is 284 Å². The van der Waals surface area contributed by atoms with Crippen LogP contribution < -0.4 is 34.0 Å². The minimum absolute atomic E-state index is 0.0411. The number of anilines is 1. The third-order valence-electron chi connectivity index (χ3n) is 6.87. The highest BCUT2D eigenvalue weighted by Crippen LogP contribution is 2.37. The Kier molecular flexibility index (Phi) is 12.6. The number of rotatable bonds is 16. The molecule has 48 heavy (non-hydrogen) atoms. The summed E-state index contributed by atoms with van der Waals surface area (Å²) in [5.41, 5.74) is 4.14. The fraction of sp³-hybridized carbons (Fsp3) is 0.206. The van der Waals surface area contributed by atoms with Crippen LogP contribution in [0.4, 0.5) is 5.69 Å². The molecule has 0 fully saturated rings. The number of hydrogen-bond acceptors (Lipinski definition) is 9. The van der Waals surface area contributed by atoms with E-state index in [4.69, 9.17) is 30.5 Å². The number of hydrazone groups is 1. The van der Waals surface area contributed by atoms with E-state index in [-0.39, 0.29) is 39.6 Å². The fourth-order valence-corrected chi connectivity index (χ4v) is 6.05. The van der Waals surface area contributed by atoms with Crippen molar-refractivity contribution in [1.29, 1.82) is 0 Å². The van der Waals surface area contributed by atoms with E-state index in [0.717, 1.165) is 16.3 Å². The Hall–Kier alpha value is -5.27. The second kappa shape index (κ2) is 17.0. The van der Waals surface area contributed by atoms with Crippen molar-refractivity contribution in [1.82, 2.24) is 10.7 Å². The van der Waals surface area contributed by atoms with E-state index in [9.17, 15) is 18.0 Å². The number of ether oxygens (including phenoxy) is 4. The Balaban J connectivity index is 1.39. The molecule has 0 atom stereocenters. The summed E-state index contributed by atoms with van der Waals surface area (Å²) in [5.74, 6) is 0.180. The normalized spacial score (nSPS) is 11.1. The summed E-state index contributed by atoms with van der Waals surface area (Å²) < 4.78 is 50.2. The van der Waals surface area contributed by atoms with Gasteiger partial charge in [-0.05, 0) is 72.1 Å². The first-order valence-electron chi connectivity index (χ1n) is 14.6. The highest BCUT2D eigenvalue weighted by atomic mass is 35.5. The largest absolute Gasteiger partial charge is 0.495 e. The highest BCUT2D eigenvalue weighted by molar-refractivity contribution is 7.92. The summed E-state index contributed by atoms with van der Waals surface area (Å²) in [4.78, 5) is 25.0. The first kappa shape index (κ1) is 35.6. The molecule has 2 amide bonds. The van der Waals surface area contributed by atoms with E-state index >= 15 is 0 Å². The molecule has 4 aromatic rings. The highest BCUT2D eigenvalue weighted by Gasteiger charge is 2.30. The van der Waals surface area contributed by atoms with Crippen molar-refractivity contribution >= 4 is 45.3 Å². The summed E-state index contributed by atoms with van der Waals surface area (Å²) in [6, 6.07) is 25.0. The molecule has 0 saturated heterocycles. The number of carbonyl (C=O) groups is 2. The monoisotopic (exact) mass is 694 g/mol. The van der Waals surface area contributed by atoms with Gasteiger partial charge in [0.05, 0.1) is 38.1 Å². The number of halogens is 1. The molecule has 14 heteroatoms. The molecule has 4 aromatic carbocycles. The SMILES string of the molecule is COc1ccc(S(=O)(=O)N(CC(=O)N/N=C\c2ccc(OCC(=O)NCCc3ccccc3)cc2)c2cc(Cl)ccc2OC)cc1OC. The fourth-order valence-electron chi connectivity index (χ4n) is 4.45. The minimum atomic E-state index is -4.36. The topological polar surface area (TPSA) is 145 Å². The number of hydrogen-bond donors (Lipinski definition) is 2. The molecule has 2 N–H and O–H groups in total. The Morgan fingerprint density at radius 3 is 2.21 bits per heavy atom. The molecule has 0 heterocycles.